The summed E-state index contributed by atoms with van der Waals surface area (Å²) >= 11 is 0. The summed E-state index contributed by atoms with van der Waals surface area (Å²) in [6.45, 7) is 9.60. The molecule has 2 fully saturated rings. The highest BCUT2D eigenvalue weighted by molar-refractivity contribution is 6.00. The number of urea groups is 1. The summed E-state index contributed by atoms with van der Waals surface area (Å²) in [6, 6.07) is 20.3. The average molecular weight is 598 g/mol. The van der Waals surface area contributed by atoms with Crippen molar-refractivity contribution >= 4 is 23.4 Å². The Labute approximate surface area is 261 Å². The maximum atomic E-state index is 13.5. The first-order valence-electron chi connectivity index (χ1n) is 16.0. The van der Waals surface area contributed by atoms with Gasteiger partial charge >= 0.3 is 6.03 Å². The van der Waals surface area contributed by atoms with E-state index in [1.54, 1.807) is 7.11 Å². The molecule has 2 atom stereocenters. The zero-order valence-corrected chi connectivity index (χ0v) is 26.4. The number of nitrogens with one attached hydrogen (secondary N) is 3. The van der Waals surface area contributed by atoms with Crippen LogP contribution in [-0.2, 0) is 4.74 Å². The van der Waals surface area contributed by atoms with Crippen LogP contribution >= 0.6 is 0 Å². The SMILES string of the molecule is CCCC/C=C1/CN(c2nn(-c3ccccc3)c(NC(=O)NC[C@@H]3CN(CCOC)C[C@H]3c3ccccc3)c2C)CCC1=N. The number of amides is 2. The van der Waals surface area contributed by atoms with Crippen molar-refractivity contribution in [1.82, 2.24) is 20.0 Å². The maximum Gasteiger partial charge on any atom is 0.320 e. The van der Waals surface area contributed by atoms with Crippen LogP contribution in [-0.4, -0.2) is 79.4 Å². The number of hydrogen-bond donors (Lipinski definition) is 3. The minimum absolute atomic E-state index is 0.237. The number of para-hydroxylation sites is 1. The van der Waals surface area contributed by atoms with Gasteiger partial charge in [-0.15, -0.1) is 5.10 Å². The van der Waals surface area contributed by atoms with Gasteiger partial charge in [0.15, 0.2) is 5.82 Å². The Kier molecular flexibility index (Phi) is 10.9. The van der Waals surface area contributed by atoms with E-state index in [4.69, 9.17) is 15.2 Å². The lowest BCUT2D eigenvalue weighted by Gasteiger charge is -2.30. The Hall–Kier alpha value is -3.95. The van der Waals surface area contributed by atoms with Gasteiger partial charge in [0.05, 0.1) is 12.3 Å². The molecule has 2 aliphatic heterocycles. The summed E-state index contributed by atoms with van der Waals surface area (Å²) in [5.74, 6) is 2.13. The van der Waals surface area contributed by atoms with Crippen molar-refractivity contribution in [2.24, 2.45) is 5.92 Å². The summed E-state index contributed by atoms with van der Waals surface area (Å²) in [5, 5.41) is 19.9. The second-order valence-corrected chi connectivity index (χ2v) is 11.9. The number of methoxy groups -OCH3 is 1. The standard InChI is InChI=1S/C35H47N7O2/c1-4-5-8-15-28-24-41(19-18-32(28)36)34-26(2)33(42(39-34)30-16-11-7-12-17-30)38-35(43)37-22-29-23-40(20-21-44-3)25-31(29)27-13-9-6-10-14-27/h6-7,9-17,29,31,36H,4-5,8,18-25H2,1-3H3,(H2,37,38,43)/b28-15-,36-32?/t29-,31+/m1/s1. The molecule has 3 N–H and O–H groups in total. The van der Waals surface area contributed by atoms with Crippen LogP contribution in [0.15, 0.2) is 72.3 Å². The van der Waals surface area contributed by atoms with Gasteiger partial charge in [-0.2, -0.15) is 0 Å². The van der Waals surface area contributed by atoms with Crippen molar-refractivity contribution in [3.05, 3.63) is 83.4 Å². The third-order valence-electron chi connectivity index (χ3n) is 8.84. The van der Waals surface area contributed by atoms with Crippen LogP contribution in [0.5, 0.6) is 0 Å². The Morgan fingerprint density at radius 1 is 1.11 bits per heavy atom. The molecule has 9 nitrogen and oxygen atoms in total. The van der Waals surface area contributed by atoms with Gasteiger partial charge in [0, 0.05) is 70.0 Å². The molecule has 0 spiro atoms. The molecule has 44 heavy (non-hydrogen) atoms. The van der Waals surface area contributed by atoms with E-state index < -0.39 is 0 Å². The van der Waals surface area contributed by atoms with Crippen molar-refractivity contribution in [2.45, 2.75) is 45.4 Å². The lowest BCUT2D eigenvalue weighted by atomic mass is 9.89. The molecule has 0 saturated carbocycles. The molecule has 3 aromatic rings. The molecular formula is C35H47N7O2. The van der Waals surface area contributed by atoms with Gasteiger partial charge in [0.1, 0.15) is 5.82 Å². The number of nitrogens with zero attached hydrogens (tertiary/aromatic N) is 4. The Morgan fingerprint density at radius 3 is 2.59 bits per heavy atom. The van der Waals surface area contributed by atoms with Gasteiger partial charge in [-0.1, -0.05) is 74.4 Å². The predicted octanol–water partition coefficient (Wildman–Crippen LogP) is 6.01. The number of hydrogen-bond acceptors (Lipinski definition) is 6. The first-order chi connectivity index (χ1) is 21.5. The second kappa shape index (κ2) is 15.2. The number of anilines is 2. The largest absolute Gasteiger partial charge is 0.383 e. The number of carbonyl (C=O) groups excluding carboxylic acids is 1. The quantitative estimate of drug-likeness (QED) is 0.222. The number of unbranched alkanes of at least 4 members (excludes halogenated alkanes) is 2. The van der Waals surface area contributed by atoms with Crippen LogP contribution < -0.4 is 15.5 Å². The number of ether oxygens (including phenoxy) is 1. The van der Waals surface area contributed by atoms with Crippen molar-refractivity contribution in [3.63, 3.8) is 0 Å². The summed E-state index contributed by atoms with van der Waals surface area (Å²) in [7, 11) is 1.74. The Bertz CT molecular complexity index is 1420. The van der Waals surface area contributed by atoms with E-state index in [9.17, 15) is 4.79 Å². The monoisotopic (exact) mass is 597 g/mol. The van der Waals surface area contributed by atoms with Crippen LogP contribution in [0.3, 0.4) is 0 Å². The molecule has 2 saturated heterocycles. The molecule has 3 heterocycles. The average Bonchev–Trinajstić information content (AvgIpc) is 3.61. The molecule has 2 aliphatic rings. The van der Waals surface area contributed by atoms with Gasteiger partial charge < -0.3 is 25.3 Å². The van der Waals surface area contributed by atoms with E-state index in [0.717, 1.165) is 73.8 Å². The molecular weight excluding hydrogens is 550 g/mol. The van der Waals surface area contributed by atoms with Crippen molar-refractivity contribution < 1.29 is 9.53 Å². The van der Waals surface area contributed by atoms with E-state index in [1.807, 2.05) is 48.0 Å². The van der Waals surface area contributed by atoms with Crippen LogP contribution in [0.4, 0.5) is 16.4 Å². The smallest absolute Gasteiger partial charge is 0.320 e. The van der Waals surface area contributed by atoms with Crippen molar-refractivity contribution in [2.75, 3.05) is 63.2 Å². The lowest BCUT2D eigenvalue weighted by Crippen LogP contribution is -2.36. The maximum absolute atomic E-state index is 13.5. The molecule has 1 aromatic heterocycles. The Morgan fingerprint density at radius 2 is 1.86 bits per heavy atom. The van der Waals surface area contributed by atoms with E-state index in [2.05, 4.69) is 57.7 Å². The molecule has 234 valence electrons. The highest BCUT2D eigenvalue weighted by Crippen LogP contribution is 2.33. The topological polar surface area (TPSA) is 98.5 Å². The van der Waals surface area contributed by atoms with E-state index in [0.29, 0.717) is 37.9 Å². The molecule has 2 amide bonds. The van der Waals surface area contributed by atoms with E-state index >= 15 is 0 Å². The zero-order valence-electron chi connectivity index (χ0n) is 26.4. The van der Waals surface area contributed by atoms with Gasteiger partial charge in [0.25, 0.3) is 0 Å². The highest BCUT2D eigenvalue weighted by atomic mass is 16.5. The summed E-state index contributed by atoms with van der Waals surface area (Å²) < 4.78 is 7.17. The predicted molar refractivity (Wildman–Crippen MR) is 178 cm³/mol. The third-order valence-corrected chi connectivity index (χ3v) is 8.84. The molecule has 2 aromatic carbocycles. The van der Waals surface area contributed by atoms with E-state index in [-0.39, 0.29) is 11.9 Å². The fourth-order valence-corrected chi connectivity index (χ4v) is 6.35. The minimum atomic E-state index is -0.237. The third kappa shape index (κ3) is 7.57. The normalized spacial score (nSPS) is 19.9. The fourth-order valence-electron chi connectivity index (χ4n) is 6.35. The molecule has 0 bridgehead atoms. The van der Waals surface area contributed by atoms with Crippen molar-refractivity contribution in [1.29, 1.82) is 5.41 Å². The zero-order chi connectivity index (χ0) is 30.9. The fraction of sp³-hybridized carbons (Fsp3) is 0.457. The number of likely N-dealkylation sites (tertiary alicyclic amines) is 1. The first-order valence-corrected chi connectivity index (χ1v) is 16.0. The molecule has 9 heteroatoms. The van der Waals surface area contributed by atoms with Crippen LogP contribution in [0, 0.1) is 18.3 Å². The minimum Gasteiger partial charge on any atom is -0.383 e. The van der Waals surface area contributed by atoms with Gasteiger partial charge in [-0.25, -0.2) is 9.48 Å². The molecule has 0 aliphatic carbocycles. The second-order valence-electron chi connectivity index (χ2n) is 11.9. The number of aromatic nitrogens is 2. The summed E-state index contributed by atoms with van der Waals surface area (Å²) in [5.41, 5.74) is 4.90. The number of allylic oxidation sites excluding steroid dienone is 1. The molecule has 0 unspecified atom stereocenters. The summed E-state index contributed by atoms with van der Waals surface area (Å²) in [4.78, 5) is 18.1. The van der Waals surface area contributed by atoms with Gasteiger partial charge in [-0.05, 0) is 42.5 Å². The number of carbonyl (C=O) groups is 1. The summed E-state index contributed by atoms with van der Waals surface area (Å²) in [6.07, 6.45) is 6.15. The lowest BCUT2D eigenvalue weighted by molar-refractivity contribution is 0.158. The van der Waals surface area contributed by atoms with E-state index in [1.165, 1.54) is 5.56 Å². The van der Waals surface area contributed by atoms with Gasteiger partial charge in [0.2, 0.25) is 0 Å². The van der Waals surface area contributed by atoms with Crippen LogP contribution in [0.2, 0.25) is 0 Å². The number of rotatable bonds is 12. The first kappa shape index (κ1) is 31.5. The van der Waals surface area contributed by atoms with Crippen LogP contribution in [0.25, 0.3) is 5.69 Å². The highest BCUT2D eigenvalue weighted by Gasteiger charge is 2.34. The number of benzene rings is 2. The molecule has 0 radical (unpaired) electrons. The number of piperidine rings is 1. The molecule has 5 rings (SSSR count). The Balaban J connectivity index is 1.33. The van der Waals surface area contributed by atoms with Crippen LogP contribution in [0.1, 0.15) is 49.7 Å². The van der Waals surface area contributed by atoms with Crippen molar-refractivity contribution in [3.8, 4) is 5.69 Å². The van der Waals surface area contributed by atoms with Gasteiger partial charge in [-0.3, -0.25) is 5.32 Å².